The number of allylic oxidation sites excluding steroid dienone is 2. The fourth-order valence-electron chi connectivity index (χ4n) is 3.12. The molecule has 0 radical (unpaired) electrons. The van der Waals surface area contributed by atoms with Gasteiger partial charge in [-0.15, -0.1) is 13.2 Å². The van der Waals surface area contributed by atoms with E-state index < -0.39 is 18.2 Å². The highest BCUT2D eigenvalue weighted by Crippen LogP contribution is 2.32. The van der Waals surface area contributed by atoms with Crippen molar-refractivity contribution in [2.45, 2.75) is 45.1 Å². The van der Waals surface area contributed by atoms with E-state index in [0.717, 1.165) is 6.08 Å². The van der Waals surface area contributed by atoms with Crippen LogP contribution in [0.2, 0.25) is 0 Å². The molecule has 32 heavy (non-hydrogen) atoms. The molecule has 2 rings (SSSR count). The second-order valence-electron chi connectivity index (χ2n) is 7.39. The fraction of sp³-hybridized carbons (Fsp3) is 0.304. The average Bonchev–Trinajstić information content (AvgIpc) is 2.70. The number of aldehydes is 1. The summed E-state index contributed by atoms with van der Waals surface area (Å²) in [4.78, 5) is 21.8. The summed E-state index contributed by atoms with van der Waals surface area (Å²) in [6.07, 6.45) is -3.43. The largest absolute Gasteiger partial charge is 0.573 e. The topological polar surface area (TPSA) is 98.9 Å². The Morgan fingerprint density at radius 1 is 1.16 bits per heavy atom. The van der Waals surface area contributed by atoms with E-state index >= 15 is 0 Å². The standard InChI is InChI=1S/C23H24F3NO5/c1-14(2)18-11-15(3-8-21(18)32-23(24,25)26)13-31-17-6-4-16(5-7-17)19(12-22(29)30)20(27)9-10-28/h3-11,14,19H,12-13,27H2,1-2H3,(H,29,30). The van der Waals surface area contributed by atoms with E-state index in [0.29, 0.717) is 28.7 Å². The zero-order valence-electron chi connectivity index (χ0n) is 17.6. The molecule has 0 saturated carbocycles. The molecule has 0 heterocycles. The van der Waals surface area contributed by atoms with Crippen molar-refractivity contribution >= 4 is 12.3 Å². The van der Waals surface area contributed by atoms with Crippen molar-refractivity contribution in [3.63, 3.8) is 0 Å². The first-order valence-electron chi connectivity index (χ1n) is 9.74. The second-order valence-corrected chi connectivity index (χ2v) is 7.39. The molecule has 2 aromatic carbocycles. The van der Waals surface area contributed by atoms with Gasteiger partial charge in [-0.05, 0) is 52.9 Å². The van der Waals surface area contributed by atoms with Crippen LogP contribution >= 0.6 is 0 Å². The Morgan fingerprint density at radius 2 is 1.81 bits per heavy atom. The van der Waals surface area contributed by atoms with Gasteiger partial charge in [-0.1, -0.05) is 32.0 Å². The maximum absolute atomic E-state index is 12.6. The van der Waals surface area contributed by atoms with Crippen molar-refractivity contribution in [3.05, 3.63) is 70.9 Å². The molecule has 0 aliphatic heterocycles. The lowest BCUT2D eigenvalue weighted by Crippen LogP contribution is -2.18. The van der Waals surface area contributed by atoms with E-state index in [-0.39, 0.29) is 30.4 Å². The molecule has 6 nitrogen and oxygen atoms in total. The molecule has 1 atom stereocenters. The first kappa shape index (κ1) is 24.8. The lowest BCUT2D eigenvalue weighted by molar-refractivity contribution is -0.275. The number of hydrogen-bond donors (Lipinski definition) is 2. The van der Waals surface area contributed by atoms with Gasteiger partial charge in [0.25, 0.3) is 0 Å². The molecule has 3 N–H and O–H groups in total. The Kier molecular flexibility index (Phi) is 8.28. The Bertz CT molecular complexity index is 969. The number of aliphatic carboxylic acids is 1. The van der Waals surface area contributed by atoms with Crippen LogP contribution in [0, 0.1) is 0 Å². The Hall–Kier alpha value is -3.49. The number of benzene rings is 2. The van der Waals surface area contributed by atoms with Gasteiger partial charge in [0.1, 0.15) is 24.4 Å². The molecule has 0 aromatic heterocycles. The van der Waals surface area contributed by atoms with Crippen molar-refractivity contribution in [2.75, 3.05) is 0 Å². The van der Waals surface area contributed by atoms with Gasteiger partial charge < -0.3 is 20.3 Å². The first-order chi connectivity index (χ1) is 15.0. The minimum atomic E-state index is -4.77. The summed E-state index contributed by atoms with van der Waals surface area (Å²) in [6.45, 7) is 3.64. The number of nitrogens with two attached hydrogens (primary N) is 1. The summed E-state index contributed by atoms with van der Waals surface area (Å²) in [6, 6.07) is 10.9. The third-order valence-corrected chi connectivity index (χ3v) is 4.65. The number of hydrogen-bond acceptors (Lipinski definition) is 5. The van der Waals surface area contributed by atoms with Gasteiger partial charge in [0, 0.05) is 11.6 Å². The molecule has 0 bridgehead atoms. The average molecular weight is 451 g/mol. The summed E-state index contributed by atoms with van der Waals surface area (Å²) in [7, 11) is 0. The monoisotopic (exact) mass is 451 g/mol. The quantitative estimate of drug-likeness (QED) is 0.394. The van der Waals surface area contributed by atoms with E-state index in [2.05, 4.69) is 4.74 Å². The lowest BCUT2D eigenvalue weighted by atomic mass is 9.92. The van der Waals surface area contributed by atoms with E-state index in [1.807, 2.05) is 0 Å². The van der Waals surface area contributed by atoms with E-state index in [4.69, 9.17) is 15.6 Å². The van der Waals surface area contributed by atoms with Crippen LogP contribution in [0.5, 0.6) is 11.5 Å². The fourth-order valence-corrected chi connectivity index (χ4v) is 3.12. The number of carbonyl (C=O) groups excluding carboxylic acids is 1. The highest BCUT2D eigenvalue weighted by atomic mass is 19.4. The number of alkyl halides is 3. The molecule has 0 spiro atoms. The molecule has 1 unspecified atom stereocenters. The van der Waals surface area contributed by atoms with Crippen LogP contribution in [0.4, 0.5) is 13.2 Å². The summed E-state index contributed by atoms with van der Waals surface area (Å²) >= 11 is 0. The zero-order chi connectivity index (χ0) is 23.9. The predicted octanol–water partition coefficient (Wildman–Crippen LogP) is 4.89. The molecule has 172 valence electrons. The normalized spacial score (nSPS) is 13.0. The number of ether oxygens (including phenoxy) is 2. The minimum Gasteiger partial charge on any atom is -0.489 e. The second kappa shape index (κ2) is 10.7. The molecular weight excluding hydrogens is 427 g/mol. The van der Waals surface area contributed by atoms with E-state index in [1.54, 1.807) is 44.2 Å². The van der Waals surface area contributed by atoms with E-state index in [9.17, 15) is 22.8 Å². The molecule has 0 fully saturated rings. The number of carboxylic acid groups (broad SMARTS) is 1. The van der Waals surface area contributed by atoms with Gasteiger partial charge in [-0.2, -0.15) is 0 Å². The third kappa shape index (κ3) is 7.33. The maximum atomic E-state index is 12.6. The van der Waals surface area contributed by atoms with Gasteiger partial charge >= 0.3 is 12.3 Å². The van der Waals surface area contributed by atoms with Gasteiger partial charge in [-0.25, -0.2) is 0 Å². The summed E-state index contributed by atoms with van der Waals surface area (Å²) < 4.78 is 47.6. The zero-order valence-corrected chi connectivity index (χ0v) is 17.6. The van der Waals surface area contributed by atoms with Crippen molar-refractivity contribution in [1.82, 2.24) is 0 Å². The van der Waals surface area contributed by atoms with Crippen LogP contribution in [-0.2, 0) is 16.2 Å². The molecule has 9 heteroatoms. The van der Waals surface area contributed by atoms with Crippen LogP contribution in [0.1, 0.15) is 48.8 Å². The molecular formula is C23H24F3NO5. The minimum absolute atomic E-state index is 0.108. The Labute approximate surface area is 183 Å². The molecule has 2 aromatic rings. The van der Waals surface area contributed by atoms with Crippen LogP contribution < -0.4 is 15.2 Å². The maximum Gasteiger partial charge on any atom is 0.573 e. The van der Waals surface area contributed by atoms with Gasteiger partial charge in [0.05, 0.1) is 6.42 Å². The lowest BCUT2D eigenvalue weighted by Gasteiger charge is -2.17. The van der Waals surface area contributed by atoms with Gasteiger partial charge in [0.2, 0.25) is 0 Å². The van der Waals surface area contributed by atoms with Crippen molar-refractivity contribution in [2.24, 2.45) is 5.73 Å². The Balaban J connectivity index is 2.14. The number of carboxylic acids is 1. The van der Waals surface area contributed by atoms with E-state index in [1.165, 1.54) is 12.1 Å². The van der Waals surface area contributed by atoms with Crippen molar-refractivity contribution in [1.29, 1.82) is 0 Å². The van der Waals surface area contributed by atoms with Crippen molar-refractivity contribution in [3.8, 4) is 11.5 Å². The first-order valence-corrected chi connectivity index (χ1v) is 9.74. The molecule has 0 saturated heterocycles. The summed E-state index contributed by atoms with van der Waals surface area (Å²) in [5.74, 6) is -1.69. The third-order valence-electron chi connectivity index (χ3n) is 4.65. The number of carbonyl (C=O) groups is 2. The van der Waals surface area contributed by atoms with Crippen LogP contribution in [0.3, 0.4) is 0 Å². The number of rotatable bonds is 10. The van der Waals surface area contributed by atoms with Crippen molar-refractivity contribution < 1.29 is 37.3 Å². The molecule has 0 aliphatic rings. The molecule has 0 amide bonds. The van der Waals surface area contributed by atoms with Gasteiger partial charge in [-0.3, -0.25) is 9.59 Å². The Morgan fingerprint density at radius 3 is 2.34 bits per heavy atom. The smallest absolute Gasteiger partial charge is 0.489 e. The summed E-state index contributed by atoms with van der Waals surface area (Å²) in [5, 5.41) is 9.10. The number of halogens is 3. The highest BCUT2D eigenvalue weighted by Gasteiger charge is 2.32. The molecule has 0 aliphatic carbocycles. The highest BCUT2D eigenvalue weighted by molar-refractivity contribution is 5.71. The predicted molar refractivity (Wildman–Crippen MR) is 111 cm³/mol. The SMILES string of the molecule is CC(C)c1cc(COc2ccc(C(CC(=O)O)C(N)=CC=O)cc2)ccc1OC(F)(F)F. The van der Waals surface area contributed by atoms with Crippen LogP contribution in [-0.4, -0.2) is 23.7 Å². The van der Waals surface area contributed by atoms with Gasteiger partial charge in [0.15, 0.2) is 0 Å². The van der Waals surface area contributed by atoms with Crippen LogP contribution in [0.15, 0.2) is 54.2 Å². The van der Waals surface area contributed by atoms with Crippen LogP contribution in [0.25, 0.3) is 0 Å². The summed E-state index contributed by atoms with van der Waals surface area (Å²) in [5.41, 5.74) is 7.64.